The van der Waals surface area contributed by atoms with Gasteiger partial charge in [0, 0.05) is 30.3 Å². The smallest absolute Gasteiger partial charge is 0.251 e. The quantitative estimate of drug-likeness (QED) is 0.531. The molecule has 0 aliphatic heterocycles. The van der Waals surface area contributed by atoms with Crippen LogP contribution in [0, 0.1) is 5.92 Å². The van der Waals surface area contributed by atoms with Crippen molar-refractivity contribution in [2.75, 3.05) is 18.4 Å². The number of halogens is 1. The second-order valence-electron chi connectivity index (χ2n) is 6.76. The van der Waals surface area contributed by atoms with Crippen molar-refractivity contribution in [3.8, 4) is 0 Å². The fourth-order valence-electron chi connectivity index (χ4n) is 3.11. The van der Waals surface area contributed by atoms with Crippen LogP contribution in [0.4, 0.5) is 5.69 Å². The predicted molar refractivity (Wildman–Crippen MR) is 114 cm³/mol. The average molecular weight is 456 g/mol. The van der Waals surface area contributed by atoms with Gasteiger partial charge in [0.1, 0.15) is 4.21 Å². The third-order valence-electron chi connectivity index (χ3n) is 4.66. The van der Waals surface area contributed by atoms with Crippen molar-refractivity contribution in [1.82, 2.24) is 10.0 Å². The van der Waals surface area contributed by atoms with Crippen molar-refractivity contribution in [3.63, 3.8) is 0 Å². The summed E-state index contributed by atoms with van der Waals surface area (Å²) >= 11 is 6.72. The molecule has 156 valence electrons. The van der Waals surface area contributed by atoms with E-state index in [1.807, 2.05) is 0 Å². The van der Waals surface area contributed by atoms with Crippen molar-refractivity contribution < 1.29 is 18.0 Å². The predicted octanol–water partition coefficient (Wildman–Crippen LogP) is 3.24. The van der Waals surface area contributed by atoms with Crippen LogP contribution in [0.1, 0.15) is 36.0 Å². The number of carbonyl (C=O) groups is 2. The summed E-state index contributed by atoms with van der Waals surface area (Å²) in [5.41, 5.74) is 1.08. The molecule has 7 nitrogen and oxygen atoms in total. The van der Waals surface area contributed by atoms with Crippen LogP contribution in [-0.2, 0) is 14.8 Å². The van der Waals surface area contributed by atoms with E-state index in [4.69, 9.17) is 11.6 Å². The van der Waals surface area contributed by atoms with Crippen LogP contribution >= 0.6 is 22.9 Å². The lowest BCUT2D eigenvalue weighted by atomic mass is 10.1. The van der Waals surface area contributed by atoms with Crippen LogP contribution in [0.3, 0.4) is 0 Å². The van der Waals surface area contributed by atoms with Crippen LogP contribution in [0.5, 0.6) is 0 Å². The van der Waals surface area contributed by atoms with Gasteiger partial charge in [0.25, 0.3) is 5.91 Å². The number of rotatable bonds is 8. The van der Waals surface area contributed by atoms with Gasteiger partial charge in [0.15, 0.2) is 0 Å². The van der Waals surface area contributed by atoms with Crippen molar-refractivity contribution in [3.05, 3.63) is 46.3 Å². The molecular formula is C19H22ClN3O4S2. The highest BCUT2D eigenvalue weighted by atomic mass is 35.5. The molecule has 1 aromatic carbocycles. The number of thiophene rings is 1. The van der Waals surface area contributed by atoms with E-state index in [-0.39, 0.29) is 35.0 Å². The third-order valence-corrected chi connectivity index (χ3v) is 7.84. The topological polar surface area (TPSA) is 104 Å². The van der Waals surface area contributed by atoms with E-state index in [9.17, 15) is 18.0 Å². The maximum Gasteiger partial charge on any atom is 0.251 e. The summed E-state index contributed by atoms with van der Waals surface area (Å²) in [6, 6.07) is 9.56. The van der Waals surface area contributed by atoms with E-state index in [1.54, 1.807) is 24.3 Å². The van der Waals surface area contributed by atoms with Crippen LogP contribution < -0.4 is 15.4 Å². The number of amides is 2. The number of hydrogen-bond donors (Lipinski definition) is 3. The van der Waals surface area contributed by atoms with Gasteiger partial charge >= 0.3 is 0 Å². The lowest BCUT2D eigenvalue weighted by Gasteiger charge is -2.11. The van der Waals surface area contributed by atoms with Gasteiger partial charge in [0.05, 0.1) is 4.34 Å². The van der Waals surface area contributed by atoms with Gasteiger partial charge in [-0.15, -0.1) is 11.3 Å². The normalized spacial score (nSPS) is 14.7. The van der Waals surface area contributed by atoms with Gasteiger partial charge in [0.2, 0.25) is 15.9 Å². The molecular weight excluding hydrogens is 434 g/mol. The molecule has 0 radical (unpaired) electrons. The molecule has 2 amide bonds. The zero-order valence-electron chi connectivity index (χ0n) is 15.6. The van der Waals surface area contributed by atoms with Crippen LogP contribution in [0.25, 0.3) is 0 Å². The summed E-state index contributed by atoms with van der Waals surface area (Å²) in [5, 5.41) is 5.54. The molecule has 1 aromatic heterocycles. The Bertz CT molecular complexity index is 968. The fraction of sp³-hybridized carbons (Fsp3) is 0.368. The number of anilines is 1. The lowest BCUT2D eigenvalue weighted by molar-refractivity contribution is -0.119. The Labute approximate surface area is 178 Å². The third kappa shape index (κ3) is 6.02. The molecule has 0 atom stereocenters. The average Bonchev–Trinajstić information content (AvgIpc) is 3.38. The summed E-state index contributed by atoms with van der Waals surface area (Å²) < 4.78 is 27.1. The number of sulfonamides is 1. The zero-order valence-corrected chi connectivity index (χ0v) is 18.0. The zero-order chi connectivity index (χ0) is 20.9. The number of carbonyl (C=O) groups excluding carboxylic acids is 2. The maximum atomic E-state index is 12.2. The van der Waals surface area contributed by atoms with Crippen molar-refractivity contribution >= 4 is 50.5 Å². The van der Waals surface area contributed by atoms with Crippen LogP contribution in [-0.4, -0.2) is 33.3 Å². The highest BCUT2D eigenvalue weighted by Crippen LogP contribution is 2.26. The Balaban J connectivity index is 1.44. The van der Waals surface area contributed by atoms with Gasteiger partial charge in [-0.1, -0.05) is 24.4 Å². The summed E-state index contributed by atoms with van der Waals surface area (Å²) in [5.74, 6) is -0.219. The molecule has 0 bridgehead atoms. The molecule has 10 heteroatoms. The van der Waals surface area contributed by atoms with Gasteiger partial charge < -0.3 is 10.6 Å². The molecule has 1 heterocycles. The minimum atomic E-state index is -3.63. The first-order chi connectivity index (χ1) is 13.8. The molecule has 0 spiro atoms. The minimum Gasteiger partial charge on any atom is -0.351 e. The van der Waals surface area contributed by atoms with Crippen molar-refractivity contribution in [1.29, 1.82) is 0 Å². The van der Waals surface area contributed by atoms with E-state index in [0.29, 0.717) is 15.6 Å². The van der Waals surface area contributed by atoms with Crippen molar-refractivity contribution in [2.24, 2.45) is 5.92 Å². The minimum absolute atomic E-state index is 0.0269. The molecule has 1 fully saturated rings. The number of hydrogen-bond acceptors (Lipinski definition) is 5. The second kappa shape index (κ2) is 9.71. The molecule has 3 N–H and O–H groups in total. The van der Waals surface area contributed by atoms with E-state index >= 15 is 0 Å². The number of benzene rings is 1. The Morgan fingerprint density at radius 1 is 1.03 bits per heavy atom. The van der Waals surface area contributed by atoms with Gasteiger partial charge in [-0.3, -0.25) is 9.59 Å². The molecule has 29 heavy (non-hydrogen) atoms. The van der Waals surface area contributed by atoms with Crippen LogP contribution in [0.15, 0.2) is 40.6 Å². The van der Waals surface area contributed by atoms with E-state index < -0.39 is 10.0 Å². The Kier molecular flexibility index (Phi) is 7.28. The monoisotopic (exact) mass is 455 g/mol. The summed E-state index contributed by atoms with van der Waals surface area (Å²) in [7, 11) is -3.63. The first kappa shape index (κ1) is 21.8. The molecule has 2 aromatic rings. The maximum absolute atomic E-state index is 12.2. The highest BCUT2D eigenvalue weighted by Gasteiger charge is 2.22. The highest BCUT2D eigenvalue weighted by molar-refractivity contribution is 7.91. The Morgan fingerprint density at radius 2 is 1.72 bits per heavy atom. The first-order valence-corrected chi connectivity index (χ1v) is 12.0. The molecule has 1 aliphatic rings. The Morgan fingerprint density at radius 3 is 2.34 bits per heavy atom. The van der Waals surface area contributed by atoms with E-state index in [2.05, 4.69) is 15.4 Å². The Hall–Kier alpha value is -1.94. The second-order valence-corrected chi connectivity index (χ2v) is 10.5. The van der Waals surface area contributed by atoms with Gasteiger partial charge in [-0.05, 0) is 49.2 Å². The molecule has 1 saturated carbocycles. The summed E-state index contributed by atoms with van der Waals surface area (Å²) in [4.78, 5) is 24.3. The largest absolute Gasteiger partial charge is 0.351 e. The SMILES string of the molecule is O=C(NCCNS(=O)(=O)c1ccc(Cl)s1)c1ccc(NC(=O)C2CCCC2)cc1. The lowest BCUT2D eigenvalue weighted by Crippen LogP contribution is -2.34. The first-order valence-electron chi connectivity index (χ1n) is 9.29. The van der Waals surface area contributed by atoms with Crippen LogP contribution in [0.2, 0.25) is 4.34 Å². The van der Waals surface area contributed by atoms with Gasteiger partial charge in [-0.2, -0.15) is 0 Å². The standard InChI is InChI=1S/C19H22ClN3O4S2/c20-16-9-10-17(28-16)29(26,27)22-12-11-21-18(24)14-5-7-15(8-6-14)23-19(25)13-3-1-2-4-13/h5-10,13,22H,1-4,11-12H2,(H,21,24)(H,23,25). The summed E-state index contributed by atoms with van der Waals surface area (Å²) in [6.45, 7) is 0.191. The molecule has 0 unspecified atom stereocenters. The van der Waals surface area contributed by atoms with E-state index in [1.165, 1.54) is 12.1 Å². The molecule has 0 saturated heterocycles. The van der Waals surface area contributed by atoms with Crippen molar-refractivity contribution in [2.45, 2.75) is 29.9 Å². The molecule has 3 rings (SSSR count). The summed E-state index contributed by atoms with van der Waals surface area (Å²) in [6.07, 6.45) is 4.04. The number of nitrogens with one attached hydrogen (secondary N) is 3. The van der Waals surface area contributed by atoms with E-state index in [0.717, 1.165) is 37.0 Å². The van der Waals surface area contributed by atoms with Gasteiger partial charge in [-0.25, -0.2) is 13.1 Å². The molecule has 1 aliphatic carbocycles. The fourth-order valence-corrected chi connectivity index (χ4v) is 5.67.